The smallest absolute Gasteiger partial charge is 0.416 e. The Morgan fingerprint density at radius 3 is 2.00 bits per heavy atom. The molecule has 0 atom stereocenters. The van der Waals surface area contributed by atoms with Crippen LogP contribution in [0.25, 0.3) is 0 Å². The van der Waals surface area contributed by atoms with Gasteiger partial charge < -0.3 is 10.0 Å². The quantitative estimate of drug-likeness (QED) is 0.930. The maximum absolute atomic E-state index is 12.4. The normalized spacial score (nSPS) is 12.1. The first-order valence-corrected chi connectivity index (χ1v) is 6.12. The fourth-order valence-corrected chi connectivity index (χ4v) is 1.56. The van der Waals surface area contributed by atoms with Crippen molar-refractivity contribution in [2.24, 2.45) is 0 Å². The standard InChI is InChI=1S/C14H16F3NO3/c1-13(2,12(20)21)18(3)11(19)8-9-4-6-10(7-5-9)14(15,16)17/h4-7H,8H2,1-3H3,(H,20,21). The summed E-state index contributed by atoms with van der Waals surface area (Å²) in [5.41, 5.74) is -1.79. The van der Waals surface area contributed by atoms with E-state index in [0.29, 0.717) is 5.56 Å². The summed E-state index contributed by atoms with van der Waals surface area (Å²) in [6.45, 7) is 2.75. The molecule has 0 unspecified atom stereocenters. The molecule has 4 nitrogen and oxygen atoms in total. The fraction of sp³-hybridized carbons (Fsp3) is 0.429. The number of amides is 1. The number of carbonyl (C=O) groups is 2. The van der Waals surface area contributed by atoms with E-state index in [2.05, 4.69) is 0 Å². The van der Waals surface area contributed by atoms with Crippen LogP contribution < -0.4 is 0 Å². The highest BCUT2D eigenvalue weighted by molar-refractivity contribution is 5.87. The maximum Gasteiger partial charge on any atom is 0.416 e. The molecule has 0 aromatic heterocycles. The second-order valence-electron chi connectivity index (χ2n) is 5.19. The van der Waals surface area contributed by atoms with Gasteiger partial charge in [0.1, 0.15) is 5.54 Å². The molecule has 0 aliphatic rings. The molecule has 0 radical (unpaired) electrons. The number of hydrogen-bond acceptors (Lipinski definition) is 2. The van der Waals surface area contributed by atoms with Crippen LogP contribution in [0.4, 0.5) is 13.2 Å². The first-order valence-electron chi connectivity index (χ1n) is 6.12. The summed E-state index contributed by atoms with van der Waals surface area (Å²) in [4.78, 5) is 24.1. The van der Waals surface area contributed by atoms with Crippen LogP contribution in [0.2, 0.25) is 0 Å². The van der Waals surface area contributed by atoms with E-state index in [9.17, 15) is 22.8 Å². The van der Waals surface area contributed by atoms with E-state index in [1.807, 2.05) is 0 Å². The van der Waals surface area contributed by atoms with Crippen molar-refractivity contribution in [1.82, 2.24) is 4.90 Å². The molecule has 1 aromatic rings. The molecule has 0 fully saturated rings. The van der Waals surface area contributed by atoms with Crippen molar-refractivity contribution >= 4 is 11.9 Å². The fourth-order valence-electron chi connectivity index (χ4n) is 1.56. The molecule has 0 aliphatic heterocycles. The number of benzene rings is 1. The lowest BCUT2D eigenvalue weighted by Gasteiger charge is -2.31. The summed E-state index contributed by atoms with van der Waals surface area (Å²) in [5, 5.41) is 9.03. The lowest BCUT2D eigenvalue weighted by Crippen LogP contribution is -2.51. The first kappa shape index (κ1) is 17.0. The van der Waals surface area contributed by atoms with Gasteiger partial charge in [-0.2, -0.15) is 13.2 Å². The van der Waals surface area contributed by atoms with Gasteiger partial charge in [-0.15, -0.1) is 0 Å². The van der Waals surface area contributed by atoms with E-state index in [0.717, 1.165) is 17.0 Å². The minimum Gasteiger partial charge on any atom is -0.480 e. The molecular weight excluding hydrogens is 287 g/mol. The van der Waals surface area contributed by atoms with Gasteiger partial charge in [-0.3, -0.25) is 4.79 Å². The highest BCUT2D eigenvalue weighted by Gasteiger charge is 2.35. The van der Waals surface area contributed by atoms with E-state index in [-0.39, 0.29) is 6.42 Å². The third-order valence-corrected chi connectivity index (χ3v) is 3.37. The van der Waals surface area contributed by atoms with E-state index >= 15 is 0 Å². The van der Waals surface area contributed by atoms with Crippen LogP contribution in [0.5, 0.6) is 0 Å². The molecule has 0 bridgehead atoms. The largest absolute Gasteiger partial charge is 0.480 e. The molecule has 0 aliphatic carbocycles. The van der Waals surface area contributed by atoms with Crippen molar-refractivity contribution in [3.05, 3.63) is 35.4 Å². The number of hydrogen-bond donors (Lipinski definition) is 1. The highest BCUT2D eigenvalue weighted by atomic mass is 19.4. The van der Waals surface area contributed by atoms with Crippen molar-refractivity contribution in [1.29, 1.82) is 0 Å². The summed E-state index contributed by atoms with van der Waals surface area (Å²) >= 11 is 0. The molecular formula is C14H16F3NO3. The lowest BCUT2D eigenvalue weighted by molar-refractivity contribution is -0.155. The van der Waals surface area contributed by atoms with Crippen molar-refractivity contribution < 1.29 is 27.9 Å². The minimum absolute atomic E-state index is 0.161. The van der Waals surface area contributed by atoms with Crippen LogP contribution >= 0.6 is 0 Å². The third-order valence-electron chi connectivity index (χ3n) is 3.37. The predicted octanol–water partition coefficient (Wildman–Crippen LogP) is 2.57. The zero-order valence-corrected chi connectivity index (χ0v) is 11.9. The number of carboxylic acid groups (broad SMARTS) is 1. The topological polar surface area (TPSA) is 57.6 Å². The maximum atomic E-state index is 12.4. The molecule has 0 saturated heterocycles. The molecule has 0 heterocycles. The van der Waals surface area contributed by atoms with Crippen LogP contribution in [0.1, 0.15) is 25.0 Å². The zero-order chi connectivity index (χ0) is 16.4. The van der Waals surface area contributed by atoms with Crippen LogP contribution in [-0.2, 0) is 22.2 Å². The van der Waals surface area contributed by atoms with Gasteiger partial charge in [0.05, 0.1) is 12.0 Å². The van der Waals surface area contributed by atoms with Gasteiger partial charge in [0.25, 0.3) is 0 Å². The summed E-state index contributed by atoms with van der Waals surface area (Å²) in [5.74, 6) is -1.65. The molecule has 0 spiro atoms. The van der Waals surface area contributed by atoms with Crippen molar-refractivity contribution in [2.45, 2.75) is 32.0 Å². The number of nitrogens with zero attached hydrogens (tertiary/aromatic N) is 1. The van der Waals surface area contributed by atoms with E-state index in [1.165, 1.54) is 33.0 Å². The molecule has 116 valence electrons. The monoisotopic (exact) mass is 303 g/mol. The number of likely N-dealkylation sites (N-methyl/N-ethyl adjacent to an activating group) is 1. The van der Waals surface area contributed by atoms with Crippen LogP contribution in [0.15, 0.2) is 24.3 Å². The zero-order valence-electron chi connectivity index (χ0n) is 11.9. The van der Waals surface area contributed by atoms with Crippen LogP contribution in [0.3, 0.4) is 0 Å². The Morgan fingerprint density at radius 2 is 1.62 bits per heavy atom. The predicted molar refractivity (Wildman–Crippen MR) is 69.6 cm³/mol. The Labute approximate surface area is 120 Å². The lowest BCUT2D eigenvalue weighted by atomic mass is 10.0. The average molecular weight is 303 g/mol. The van der Waals surface area contributed by atoms with E-state index < -0.39 is 29.2 Å². The molecule has 1 amide bonds. The number of alkyl halides is 3. The van der Waals surface area contributed by atoms with Crippen molar-refractivity contribution in [3.8, 4) is 0 Å². The highest BCUT2D eigenvalue weighted by Crippen LogP contribution is 2.29. The summed E-state index contributed by atoms with van der Waals surface area (Å²) < 4.78 is 37.2. The number of rotatable bonds is 4. The summed E-state index contributed by atoms with van der Waals surface area (Å²) in [7, 11) is 1.35. The first-order chi connectivity index (χ1) is 9.46. The van der Waals surface area contributed by atoms with E-state index in [4.69, 9.17) is 5.11 Å². The molecule has 1 rings (SSSR count). The van der Waals surface area contributed by atoms with Crippen molar-refractivity contribution in [3.63, 3.8) is 0 Å². The van der Waals surface area contributed by atoms with E-state index in [1.54, 1.807) is 0 Å². The van der Waals surface area contributed by atoms with Crippen LogP contribution in [0, 0.1) is 0 Å². The van der Waals surface area contributed by atoms with Gasteiger partial charge in [0.2, 0.25) is 5.91 Å². The number of aliphatic carboxylic acids is 1. The Balaban J connectivity index is 2.82. The molecule has 1 N–H and O–H groups in total. The number of carboxylic acids is 1. The van der Waals surface area contributed by atoms with Gasteiger partial charge in [-0.25, -0.2) is 4.79 Å². The second-order valence-corrected chi connectivity index (χ2v) is 5.19. The van der Waals surface area contributed by atoms with Gasteiger partial charge >= 0.3 is 12.1 Å². The summed E-state index contributed by atoms with van der Waals surface area (Å²) in [6, 6.07) is 4.21. The molecule has 7 heteroatoms. The molecule has 21 heavy (non-hydrogen) atoms. The molecule has 0 saturated carbocycles. The SMILES string of the molecule is CN(C(=O)Cc1ccc(C(F)(F)F)cc1)C(C)(C)C(=O)O. The Hall–Kier alpha value is -2.05. The van der Waals surface area contributed by atoms with Gasteiger partial charge in [-0.05, 0) is 31.5 Å². The minimum atomic E-state index is -4.43. The van der Waals surface area contributed by atoms with Crippen LogP contribution in [-0.4, -0.2) is 34.5 Å². The number of halogens is 3. The average Bonchev–Trinajstić information content (AvgIpc) is 2.37. The Morgan fingerprint density at radius 1 is 1.14 bits per heavy atom. The molecule has 1 aromatic carbocycles. The van der Waals surface area contributed by atoms with Gasteiger partial charge in [0.15, 0.2) is 0 Å². The Kier molecular flexibility index (Phi) is 4.65. The third kappa shape index (κ3) is 3.96. The van der Waals surface area contributed by atoms with Gasteiger partial charge in [0, 0.05) is 7.05 Å². The number of carbonyl (C=O) groups excluding carboxylic acids is 1. The summed E-state index contributed by atoms with van der Waals surface area (Å²) in [6.07, 6.45) is -4.59. The Bertz CT molecular complexity index is 535. The second kappa shape index (κ2) is 5.75. The van der Waals surface area contributed by atoms with Crippen molar-refractivity contribution in [2.75, 3.05) is 7.05 Å². The van der Waals surface area contributed by atoms with Gasteiger partial charge in [-0.1, -0.05) is 12.1 Å².